The van der Waals surface area contributed by atoms with Crippen molar-refractivity contribution >= 4 is 28.3 Å². The fraction of sp³-hybridized carbons (Fsp3) is 0.267. The number of nitrogens with zero attached hydrogens (tertiary/aromatic N) is 2. The van der Waals surface area contributed by atoms with Crippen LogP contribution in [0.15, 0.2) is 41.7 Å². The number of amidine groups is 1. The molecule has 110 valence electrons. The van der Waals surface area contributed by atoms with Gasteiger partial charge in [0.25, 0.3) is 0 Å². The van der Waals surface area contributed by atoms with Gasteiger partial charge in [-0.2, -0.15) is 0 Å². The minimum absolute atomic E-state index is 0.107. The summed E-state index contributed by atoms with van der Waals surface area (Å²) in [5.41, 5.74) is 6.08. The number of pyridine rings is 1. The third-order valence-corrected chi connectivity index (χ3v) is 3.74. The Bertz CT molecular complexity index is 699. The van der Waals surface area contributed by atoms with Gasteiger partial charge in [0, 0.05) is 17.3 Å². The third-order valence-electron chi connectivity index (χ3n) is 3.74. The molecule has 2 rings (SSSR count). The first-order valence-electron chi connectivity index (χ1n) is 6.65. The average molecular weight is 286 g/mol. The van der Waals surface area contributed by atoms with Gasteiger partial charge in [0.05, 0.1) is 5.52 Å². The monoisotopic (exact) mass is 286 g/mol. The molecule has 6 nitrogen and oxygen atoms in total. The van der Waals surface area contributed by atoms with Crippen LogP contribution >= 0.6 is 0 Å². The van der Waals surface area contributed by atoms with Crippen LogP contribution in [0, 0.1) is 5.41 Å². The van der Waals surface area contributed by atoms with Crippen LogP contribution in [0.2, 0.25) is 0 Å². The van der Waals surface area contributed by atoms with Crippen molar-refractivity contribution in [1.82, 2.24) is 4.98 Å². The molecule has 0 spiro atoms. The van der Waals surface area contributed by atoms with Crippen molar-refractivity contribution in [3.05, 3.63) is 36.5 Å². The molecular weight excluding hydrogens is 268 g/mol. The van der Waals surface area contributed by atoms with Gasteiger partial charge in [-0.15, -0.1) is 0 Å². The summed E-state index contributed by atoms with van der Waals surface area (Å²) in [4.78, 5) is 16.6. The topological polar surface area (TPSA) is 101 Å². The highest BCUT2D eigenvalue weighted by Gasteiger charge is 2.36. The number of hydrogen-bond donors (Lipinski definition) is 3. The van der Waals surface area contributed by atoms with E-state index in [1.54, 1.807) is 19.2 Å². The number of rotatable bonds is 4. The predicted octanol–water partition coefficient (Wildman–Crippen LogP) is 2.34. The molecule has 0 aliphatic carbocycles. The van der Waals surface area contributed by atoms with E-state index < -0.39 is 5.41 Å². The molecule has 1 heterocycles. The lowest BCUT2D eigenvalue weighted by Crippen LogP contribution is -2.44. The molecule has 21 heavy (non-hydrogen) atoms. The zero-order chi connectivity index (χ0) is 15.5. The highest BCUT2D eigenvalue weighted by Crippen LogP contribution is 2.25. The van der Waals surface area contributed by atoms with Crippen LogP contribution in [-0.4, -0.2) is 21.9 Å². The summed E-state index contributed by atoms with van der Waals surface area (Å²) >= 11 is 0. The van der Waals surface area contributed by atoms with Gasteiger partial charge >= 0.3 is 0 Å². The van der Waals surface area contributed by atoms with Crippen LogP contribution in [0.3, 0.4) is 0 Å². The molecule has 1 aromatic heterocycles. The van der Waals surface area contributed by atoms with Crippen LogP contribution in [-0.2, 0) is 4.79 Å². The highest BCUT2D eigenvalue weighted by atomic mass is 16.4. The number of amides is 1. The van der Waals surface area contributed by atoms with Crippen molar-refractivity contribution in [2.75, 3.05) is 5.32 Å². The Balaban J connectivity index is 2.28. The molecule has 0 radical (unpaired) electrons. The molecular formula is C15H18N4O2. The van der Waals surface area contributed by atoms with Gasteiger partial charge in [0.2, 0.25) is 5.91 Å². The molecule has 0 aliphatic heterocycles. The van der Waals surface area contributed by atoms with Crippen LogP contribution in [0.4, 0.5) is 5.69 Å². The number of benzene rings is 1. The maximum absolute atomic E-state index is 12.4. The first kappa shape index (κ1) is 14.8. The van der Waals surface area contributed by atoms with Crippen LogP contribution in [0.5, 0.6) is 0 Å². The Kier molecular flexibility index (Phi) is 4.07. The number of nitrogens with two attached hydrogens (primary N) is 1. The Hall–Kier alpha value is -2.63. The van der Waals surface area contributed by atoms with Gasteiger partial charge in [-0.25, -0.2) is 0 Å². The highest BCUT2D eigenvalue weighted by molar-refractivity contribution is 6.11. The molecule has 4 N–H and O–H groups in total. The smallest absolute Gasteiger partial charge is 0.238 e. The maximum atomic E-state index is 12.4. The van der Waals surface area contributed by atoms with Crippen LogP contribution in [0.1, 0.15) is 20.3 Å². The quantitative estimate of drug-likeness (QED) is 0.347. The number of hydrogen-bond acceptors (Lipinski definition) is 4. The number of nitrogens with one attached hydrogen (secondary N) is 1. The van der Waals surface area contributed by atoms with Gasteiger partial charge in [-0.1, -0.05) is 18.1 Å². The normalized spacial score (nSPS) is 14.7. The van der Waals surface area contributed by atoms with E-state index in [1.807, 2.05) is 31.2 Å². The first-order valence-corrected chi connectivity index (χ1v) is 6.65. The van der Waals surface area contributed by atoms with E-state index in [-0.39, 0.29) is 11.7 Å². The van der Waals surface area contributed by atoms with E-state index in [1.165, 1.54) is 0 Å². The Morgan fingerprint density at radius 3 is 2.90 bits per heavy atom. The van der Waals surface area contributed by atoms with Crippen LogP contribution < -0.4 is 11.1 Å². The molecule has 1 atom stereocenters. The Morgan fingerprint density at radius 1 is 1.48 bits per heavy atom. The van der Waals surface area contributed by atoms with Crippen molar-refractivity contribution in [2.45, 2.75) is 20.3 Å². The van der Waals surface area contributed by atoms with Crippen molar-refractivity contribution in [1.29, 1.82) is 0 Å². The fourth-order valence-corrected chi connectivity index (χ4v) is 1.99. The lowest BCUT2D eigenvalue weighted by molar-refractivity contribution is -0.121. The van der Waals surface area contributed by atoms with Crippen molar-refractivity contribution in [3.8, 4) is 0 Å². The molecule has 0 aliphatic rings. The van der Waals surface area contributed by atoms with Gasteiger partial charge in [-0.05, 0) is 37.6 Å². The van der Waals surface area contributed by atoms with Gasteiger partial charge in [0.1, 0.15) is 5.41 Å². The molecule has 1 amide bonds. The lowest BCUT2D eigenvalue weighted by Gasteiger charge is -2.25. The third kappa shape index (κ3) is 2.79. The summed E-state index contributed by atoms with van der Waals surface area (Å²) in [5.74, 6) is -0.423. The number of anilines is 1. The molecule has 1 unspecified atom stereocenters. The second-order valence-corrected chi connectivity index (χ2v) is 5.04. The van der Waals surface area contributed by atoms with E-state index in [4.69, 9.17) is 10.9 Å². The van der Waals surface area contributed by atoms with E-state index in [2.05, 4.69) is 15.5 Å². The van der Waals surface area contributed by atoms with Crippen molar-refractivity contribution in [2.24, 2.45) is 16.3 Å². The van der Waals surface area contributed by atoms with E-state index in [0.29, 0.717) is 12.1 Å². The van der Waals surface area contributed by atoms with E-state index in [0.717, 1.165) is 10.9 Å². The SMILES string of the molecule is CCC(C)(C(=O)Nc1ccc2ncccc2c1)/C(N)=N/O. The number of carbonyl (C=O) groups is 1. The summed E-state index contributed by atoms with van der Waals surface area (Å²) in [6.45, 7) is 3.45. The van der Waals surface area contributed by atoms with E-state index >= 15 is 0 Å². The number of aromatic nitrogens is 1. The zero-order valence-electron chi connectivity index (χ0n) is 12.0. The Morgan fingerprint density at radius 2 is 2.24 bits per heavy atom. The zero-order valence-corrected chi connectivity index (χ0v) is 12.0. The average Bonchev–Trinajstić information content (AvgIpc) is 2.53. The predicted molar refractivity (Wildman–Crippen MR) is 82.2 cm³/mol. The van der Waals surface area contributed by atoms with Crippen LogP contribution in [0.25, 0.3) is 10.9 Å². The summed E-state index contributed by atoms with van der Waals surface area (Å²) in [6, 6.07) is 9.19. The summed E-state index contributed by atoms with van der Waals surface area (Å²) in [5, 5.41) is 15.5. The lowest BCUT2D eigenvalue weighted by atomic mass is 9.85. The van der Waals surface area contributed by atoms with Gasteiger partial charge in [0.15, 0.2) is 5.84 Å². The number of carbonyl (C=O) groups excluding carboxylic acids is 1. The first-order chi connectivity index (χ1) is 10.0. The molecule has 0 saturated carbocycles. The van der Waals surface area contributed by atoms with Gasteiger partial charge in [-0.3, -0.25) is 9.78 Å². The Labute approximate surface area is 122 Å². The standard InChI is InChI=1S/C15H18N4O2/c1-3-15(2,13(16)19-21)14(20)18-11-6-7-12-10(9-11)5-4-8-17-12/h4-9,21H,3H2,1-2H3,(H2,16,19)(H,18,20). The number of fused-ring (bicyclic) bond motifs is 1. The summed E-state index contributed by atoms with van der Waals surface area (Å²) in [7, 11) is 0. The summed E-state index contributed by atoms with van der Waals surface area (Å²) in [6.07, 6.45) is 2.14. The largest absolute Gasteiger partial charge is 0.409 e. The minimum atomic E-state index is -1.06. The number of oxime groups is 1. The molecule has 6 heteroatoms. The second kappa shape index (κ2) is 5.78. The summed E-state index contributed by atoms with van der Waals surface area (Å²) < 4.78 is 0. The fourth-order valence-electron chi connectivity index (χ4n) is 1.99. The minimum Gasteiger partial charge on any atom is -0.409 e. The maximum Gasteiger partial charge on any atom is 0.238 e. The molecule has 2 aromatic rings. The van der Waals surface area contributed by atoms with Crippen molar-refractivity contribution < 1.29 is 10.0 Å². The van der Waals surface area contributed by atoms with Gasteiger partial charge < -0.3 is 16.3 Å². The molecule has 1 aromatic carbocycles. The molecule has 0 bridgehead atoms. The van der Waals surface area contributed by atoms with E-state index in [9.17, 15) is 4.79 Å². The second-order valence-electron chi connectivity index (χ2n) is 5.04. The van der Waals surface area contributed by atoms with Crippen molar-refractivity contribution in [3.63, 3.8) is 0 Å². The molecule has 0 fully saturated rings. The molecule has 0 saturated heterocycles.